The van der Waals surface area contributed by atoms with Crippen molar-refractivity contribution in [2.75, 3.05) is 11.9 Å². The summed E-state index contributed by atoms with van der Waals surface area (Å²) in [6.07, 6.45) is -0.303. The maximum atomic E-state index is 14.0. The van der Waals surface area contributed by atoms with Crippen LogP contribution in [0.3, 0.4) is 0 Å². The van der Waals surface area contributed by atoms with Crippen LogP contribution in [0.1, 0.15) is 17.2 Å². The molecule has 98 valence electrons. The van der Waals surface area contributed by atoms with Gasteiger partial charge in [0, 0.05) is 10.0 Å². The smallest absolute Gasteiger partial charge is 0.144 e. The summed E-state index contributed by atoms with van der Waals surface area (Å²) in [4.78, 5) is 0. The Morgan fingerprint density at radius 1 is 1.26 bits per heavy atom. The zero-order valence-corrected chi connectivity index (χ0v) is 12.0. The predicted molar refractivity (Wildman–Crippen MR) is 77.1 cm³/mol. The summed E-state index contributed by atoms with van der Waals surface area (Å²) in [5.41, 5.74) is 2.65. The van der Waals surface area contributed by atoms with Crippen LogP contribution in [0.15, 0.2) is 40.9 Å². The van der Waals surface area contributed by atoms with Crippen molar-refractivity contribution in [3.05, 3.63) is 57.8 Å². The molecule has 19 heavy (non-hydrogen) atoms. The first-order valence-corrected chi connectivity index (χ1v) is 6.89. The van der Waals surface area contributed by atoms with Gasteiger partial charge in [-0.15, -0.1) is 0 Å². The molecule has 2 nitrogen and oxygen atoms in total. The van der Waals surface area contributed by atoms with Gasteiger partial charge in [-0.05, 0) is 36.8 Å². The van der Waals surface area contributed by atoms with Crippen molar-refractivity contribution in [3.63, 3.8) is 0 Å². The third-order valence-electron chi connectivity index (χ3n) is 3.19. The lowest BCUT2D eigenvalue weighted by molar-refractivity contribution is 0.205. The Kier molecular flexibility index (Phi) is 3.19. The number of ether oxygens (including phenoxy) is 1. The Labute approximate surface area is 119 Å². The highest BCUT2D eigenvalue weighted by atomic mass is 79.9. The average Bonchev–Trinajstić information content (AvgIpc) is 2.38. The lowest BCUT2D eigenvalue weighted by Crippen LogP contribution is -2.24. The molecule has 0 bridgehead atoms. The van der Waals surface area contributed by atoms with E-state index in [1.165, 1.54) is 6.07 Å². The van der Waals surface area contributed by atoms with Crippen LogP contribution >= 0.6 is 15.9 Å². The maximum Gasteiger partial charge on any atom is 0.144 e. The topological polar surface area (TPSA) is 21.3 Å². The minimum absolute atomic E-state index is 0.253. The molecule has 0 fully saturated rings. The number of benzene rings is 2. The zero-order valence-electron chi connectivity index (χ0n) is 10.4. The van der Waals surface area contributed by atoms with Crippen molar-refractivity contribution in [2.24, 2.45) is 0 Å². The highest BCUT2D eigenvalue weighted by Crippen LogP contribution is 2.35. The van der Waals surface area contributed by atoms with Crippen LogP contribution < -0.4 is 10.1 Å². The highest BCUT2D eigenvalue weighted by molar-refractivity contribution is 9.10. The van der Waals surface area contributed by atoms with E-state index in [0.717, 1.165) is 21.5 Å². The van der Waals surface area contributed by atoms with Gasteiger partial charge in [0.2, 0.25) is 0 Å². The van der Waals surface area contributed by atoms with Gasteiger partial charge in [-0.3, -0.25) is 0 Å². The summed E-state index contributed by atoms with van der Waals surface area (Å²) in [5, 5.41) is 3.28. The van der Waals surface area contributed by atoms with Gasteiger partial charge in [-0.2, -0.15) is 0 Å². The molecule has 3 rings (SSSR count). The predicted octanol–water partition coefficient (Wildman–Crippen LogP) is 4.44. The number of rotatable bonds is 1. The summed E-state index contributed by atoms with van der Waals surface area (Å²) in [5.74, 6) is 0.524. The number of nitrogens with one attached hydrogen (secondary N) is 1. The molecule has 1 heterocycles. The Hall–Kier alpha value is -1.55. The Morgan fingerprint density at radius 2 is 2.11 bits per heavy atom. The van der Waals surface area contributed by atoms with E-state index in [1.807, 2.05) is 31.2 Å². The van der Waals surface area contributed by atoms with Crippen LogP contribution in [-0.4, -0.2) is 6.54 Å². The second-order valence-electron chi connectivity index (χ2n) is 4.65. The first-order chi connectivity index (χ1) is 9.13. The van der Waals surface area contributed by atoms with Crippen LogP contribution in [0.2, 0.25) is 0 Å². The van der Waals surface area contributed by atoms with Gasteiger partial charge >= 0.3 is 0 Å². The van der Waals surface area contributed by atoms with Crippen molar-refractivity contribution >= 4 is 21.6 Å². The van der Waals surface area contributed by atoms with Gasteiger partial charge in [0.25, 0.3) is 0 Å². The summed E-state index contributed by atoms with van der Waals surface area (Å²) in [7, 11) is 0. The van der Waals surface area contributed by atoms with E-state index in [1.54, 1.807) is 6.07 Å². The first kappa shape index (κ1) is 12.5. The summed E-state index contributed by atoms with van der Waals surface area (Å²) in [6, 6.07) is 11.0. The summed E-state index contributed by atoms with van der Waals surface area (Å²) in [6.45, 7) is 2.57. The second-order valence-corrected chi connectivity index (χ2v) is 5.57. The second kappa shape index (κ2) is 4.85. The molecular formula is C15H13BrFNO. The van der Waals surface area contributed by atoms with E-state index in [9.17, 15) is 4.39 Å². The third kappa shape index (κ3) is 2.45. The molecule has 0 spiro atoms. The molecule has 0 aromatic heterocycles. The molecule has 1 aliphatic heterocycles. The molecule has 1 unspecified atom stereocenters. The minimum atomic E-state index is -0.303. The normalized spacial score (nSPS) is 17.3. The van der Waals surface area contributed by atoms with Crippen molar-refractivity contribution < 1.29 is 9.13 Å². The summed E-state index contributed by atoms with van der Waals surface area (Å²) >= 11 is 3.26. The SMILES string of the molecule is Cc1ccc2c(c1)OC(c1ccc(Br)cc1F)CN2. The van der Waals surface area contributed by atoms with Gasteiger partial charge in [-0.1, -0.05) is 28.1 Å². The fourth-order valence-electron chi connectivity index (χ4n) is 2.21. The standard InChI is InChI=1S/C15H13BrFNO/c1-9-2-5-13-14(6-9)19-15(8-18-13)11-4-3-10(16)7-12(11)17/h2-7,15,18H,8H2,1H3. The fourth-order valence-corrected chi connectivity index (χ4v) is 2.54. The zero-order chi connectivity index (χ0) is 13.4. The molecule has 0 amide bonds. The van der Waals surface area contributed by atoms with Gasteiger partial charge in [0.05, 0.1) is 12.2 Å². The molecule has 2 aromatic rings. The van der Waals surface area contributed by atoms with Crippen LogP contribution in [0.5, 0.6) is 5.75 Å². The van der Waals surface area contributed by atoms with Crippen LogP contribution in [0.25, 0.3) is 0 Å². The number of hydrogen-bond donors (Lipinski definition) is 1. The van der Waals surface area contributed by atoms with Crippen LogP contribution in [0.4, 0.5) is 10.1 Å². The lowest BCUT2D eigenvalue weighted by Gasteiger charge is -2.28. The monoisotopic (exact) mass is 321 g/mol. The molecule has 1 atom stereocenters. The molecule has 0 saturated carbocycles. The third-order valence-corrected chi connectivity index (χ3v) is 3.69. The Bertz CT molecular complexity index is 630. The van der Waals surface area contributed by atoms with Crippen LogP contribution in [0, 0.1) is 12.7 Å². The Morgan fingerprint density at radius 3 is 2.89 bits per heavy atom. The molecule has 1 N–H and O–H groups in total. The largest absolute Gasteiger partial charge is 0.482 e. The molecule has 2 aromatic carbocycles. The number of hydrogen-bond acceptors (Lipinski definition) is 2. The molecule has 1 aliphatic rings. The average molecular weight is 322 g/mol. The molecule has 0 aliphatic carbocycles. The molecule has 4 heteroatoms. The number of fused-ring (bicyclic) bond motifs is 1. The van der Waals surface area contributed by atoms with Crippen molar-refractivity contribution in [1.29, 1.82) is 0 Å². The van der Waals surface area contributed by atoms with E-state index in [-0.39, 0.29) is 11.9 Å². The highest BCUT2D eigenvalue weighted by Gasteiger charge is 2.23. The van der Waals surface area contributed by atoms with Gasteiger partial charge in [-0.25, -0.2) is 4.39 Å². The molecule has 0 saturated heterocycles. The van der Waals surface area contributed by atoms with E-state index in [0.29, 0.717) is 12.1 Å². The number of aryl methyl sites for hydroxylation is 1. The van der Waals surface area contributed by atoms with E-state index < -0.39 is 0 Å². The lowest BCUT2D eigenvalue weighted by atomic mass is 10.1. The van der Waals surface area contributed by atoms with Crippen molar-refractivity contribution in [1.82, 2.24) is 0 Å². The molecule has 0 radical (unpaired) electrons. The van der Waals surface area contributed by atoms with Gasteiger partial charge < -0.3 is 10.1 Å². The summed E-state index contributed by atoms with van der Waals surface area (Å²) < 4.78 is 20.6. The van der Waals surface area contributed by atoms with E-state index >= 15 is 0 Å². The van der Waals surface area contributed by atoms with Gasteiger partial charge in [0.15, 0.2) is 0 Å². The first-order valence-electron chi connectivity index (χ1n) is 6.09. The van der Waals surface area contributed by atoms with Gasteiger partial charge in [0.1, 0.15) is 17.7 Å². The maximum absolute atomic E-state index is 14.0. The quantitative estimate of drug-likeness (QED) is 0.838. The van der Waals surface area contributed by atoms with E-state index in [2.05, 4.69) is 21.2 Å². The fraction of sp³-hybridized carbons (Fsp3) is 0.200. The number of halogens is 2. The minimum Gasteiger partial charge on any atom is -0.482 e. The van der Waals surface area contributed by atoms with Crippen molar-refractivity contribution in [2.45, 2.75) is 13.0 Å². The van der Waals surface area contributed by atoms with Crippen LogP contribution in [-0.2, 0) is 0 Å². The number of anilines is 1. The van der Waals surface area contributed by atoms with E-state index in [4.69, 9.17) is 4.74 Å². The Balaban J connectivity index is 1.93. The van der Waals surface area contributed by atoms with Crippen molar-refractivity contribution in [3.8, 4) is 5.75 Å². The molecular weight excluding hydrogens is 309 g/mol.